The van der Waals surface area contributed by atoms with Gasteiger partial charge in [0.25, 0.3) is 0 Å². The summed E-state index contributed by atoms with van der Waals surface area (Å²) in [6, 6.07) is 0. The molecule has 10 nitrogen and oxygen atoms in total. The number of hydrogen-bond donors (Lipinski definition) is 3. The maximum atomic E-state index is 10.9. The van der Waals surface area contributed by atoms with Gasteiger partial charge in [-0.2, -0.15) is 0 Å². The van der Waals surface area contributed by atoms with Crippen LogP contribution in [0.4, 0.5) is 0 Å². The molecule has 42 heavy (non-hydrogen) atoms. The summed E-state index contributed by atoms with van der Waals surface area (Å²) in [5, 5.41) is 24.9. The first-order valence-electron chi connectivity index (χ1n) is 13.8. The lowest BCUT2D eigenvalue weighted by atomic mass is 9.92. The standard InChI is InChI=1S/C11H20O2.C9H16O2.C8H10O4.C4H6O2/c1-4-6-7-10(5-2)8-9(3)11(12)13;1-4-6-7-8(3)9(10)11-5-2;1-5(2)8(11)12-4-6(3)7(9)10;1-3(2)4(5)6/h10H,3-8H2,1-2H3,(H,12,13);3-7H2,1-2H3;4H,1H2,2-3H3,(H,9,10);1H2,2H3,(H,5,6). The van der Waals surface area contributed by atoms with E-state index in [1.165, 1.54) is 33.6 Å². The molecule has 10 heteroatoms. The van der Waals surface area contributed by atoms with Gasteiger partial charge in [0.15, 0.2) is 0 Å². The molecular formula is C32H52O10. The van der Waals surface area contributed by atoms with Gasteiger partial charge >= 0.3 is 29.8 Å². The van der Waals surface area contributed by atoms with Crippen molar-refractivity contribution in [2.75, 3.05) is 6.61 Å². The van der Waals surface area contributed by atoms with E-state index in [-0.39, 0.29) is 22.7 Å². The maximum absolute atomic E-state index is 10.9. The van der Waals surface area contributed by atoms with Gasteiger partial charge in [0.05, 0.1) is 12.2 Å². The van der Waals surface area contributed by atoms with E-state index < -0.39 is 23.9 Å². The third-order valence-electron chi connectivity index (χ3n) is 5.17. The van der Waals surface area contributed by atoms with Crippen molar-refractivity contribution < 1.29 is 48.8 Å². The molecule has 240 valence electrons. The van der Waals surface area contributed by atoms with Crippen LogP contribution in [0.25, 0.3) is 0 Å². The van der Waals surface area contributed by atoms with Crippen molar-refractivity contribution in [1.82, 2.24) is 0 Å². The highest BCUT2D eigenvalue weighted by atomic mass is 16.5. The lowest BCUT2D eigenvalue weighted by Gasteiger charge is -2.13. The molecule has 0 aliphatic rings. The monoisotopic (exact) mass is 596 g/mol. The van der Waals surface area contributed by atoms with Gasteiger partial charge in [0.1, 0.15) is 6.26 Å². The smallest absolute Gasteiger partial charge is 0.337 e. The Labute approximate surface area is 251 Å². The van der Waals surface area contributed by atoms with Gasteiger partial charge in [0, 0.05) is 22.3 Å². The highest BCUT2D eigenvalue weighted by Gasteiger charge is 2.11. The van der Waals surface area contributed by atoms with Crippen molar-refractivity contribution in [2.24, 2.45) is 5.92 Å². The van der Waals surface area contributed by atoms with Crippen LogP contribution in [0, 0.1) is 5.92 Å². The fourth-order valence-corrected chi connectivity index (χ4v) is 2.40. The molecule has 0 heterocycles. The summed E-state index contributed by atoms with van der Waals surface area (Å²) >= 11 is 0. The summed E-state index contributed by atoms with van der Waals surface area (Å²) in [7, 11) is 0. The van der Waals surface area contributed by atoms with Crippen LogP contribution in [0.5, 0.6) is 0 Å². The topological polar surface area (TPSA) is 164 Å². The number of carboxylic acid groups (broad SMARTS) is 3. The summed E-state index contributed by atoms with van der Waals surface area (Å²) in [6.45, 7) is 26.5. The molecule has 0 aromatic heterocycles. The molecule has 1 atom stereocenters. The summed E-state index contributed by atoms with van der Waals surface area (Å²) < 4.78 is 9.21. The number of carboxylic acids is 3. The molecule has 0 radical (unpaired) electrons. The van der Waals surface area contributed by atoms with Crippen LogP contribution >= 0.6 is 0 Å². The summed E-state index contributed by atoms with van der Waals surface area (Å²) in [5.41, 5.74) is 1.31. The zero-order chi connectivity index (χ0) is 33.8. The molecule has 0 bridgehead atoms. The summed E-state index contributed by atoms with van der Waals surface area (Å²) in [6.07, 6.45) is 8.92. The number of carbonyl (C=O) groups excluding carboxylic acids is 2. The fraction of sp³-hybridized carbons (Fsp3) is 0.531. The fourth-order valence-electron chi connectivity index (χ4n) is 2.40. The van der Waals surface area contributed by atoms with Crippen LogP contribution in [0.15, 0.2) is 60.4 Å². The summed E-state index contributed by atoms with van der Waals surface area (Å²) in [4.78, 5) is 52.0. The average molecular weight is 597 g/mol. The van der Waals surface area contributed by atoms with Crippen molar-refractivity contribution in [3.05, 3.63) is 60.4 Å². The highest BCUT2D eigenvalue weighted by molar-refractivity contribution is 5.89. The minimum absolute atomic E-state index is 0.0374. The van der Waals surface area contributed by atoms with Crippen LogP contribution in [-0.4, -0.2) is 51.8 Å². The Morgan fingerprint density at radius 3 is 1.55 bits per heavy atom. The van der Waals surface area contributed by atoms with Crippen molar-refractivity contribution >= 4 is 29.8 Å². The lowest BCUT2D eigenvalue weighted by Crippen LogP contribution is -2.06. The molecule has 0 aromatic rings. The van der Waals surface area contributed by atoms with Gasteiger partial charge in [0.2, 0.25) is 0 Å². The molecule has 0 rings (SSSR count). The van der Waals surface area contributed by atoms with Gasteiger partial charge in [-0.05, 0) is 52.9 Å². The highest BCUT2D eigenvalue weighted by Crippen LogP contribution is 2.20. The van der Waals surface area contributed by atoms with E-state index in [4.69, 9.17) is 20.1 Å². The van der Waals surface area contributed by atoms with E-state index in [1.54, 1.807) is 6.92 Å². The van der Waals surface area contributed by atoms with E-state index in [0.29, 0.717) is 30.1 Å². The molecular weight excluding hydrogens is 544 g/mol. The largest absolute Gasteiger partial charge is 0.478 e. The normalized spacial score (nSPS) is 10.4. The molecule has 0 aromatic carbocycles. The Bertz CT molecular complexity index is 929. The predicted octanol–water partition coefficient (Wildman–Crippen LogP) is 7.27. The minimum Gasteiger partial charge on any atom is -0.478 e. The molecule has 3 N–H and O–H groups in total. The minimum atomic E-state index is -1.12. The second kappa shape index (κ2) is 28.6. The van der Waals surface area contributed by atoms with Gasteiger partial charge < -0.3 is 24.8 Å². The Morgan fingerprint density at radius 1 is 0.714 bits per heavy atom. The van der Waals surface area contributed by atoms with E-state index >= 15 is 0 Å². The van der Waals surface area contributed by atoms with E-state index in [2.05, 4.69) is 51.8 Å². The van der Waals surface area contributed by atoms with Crippen LogP contribution in [0.3, 0.4) is 0 Å². The van der Waals surface area contributed by atoms with Gasteiger partial charge in [-0.3, -0.25) is 0 Å². The third-order valence-corrected chi connectivity index (χ3v) is 5.17. The molecule has 0 aliphatic carbocycles. The summed E-state index contributed by atoms with van der Waals surface area (Å²) in [5.74, 6) is -3.28. The van der Waals surface area contributed by atoms with E-state index in [1.807, 2.05) is 0 Å². The molecule has 0 fully saturated rings. The number of carbonyl (C=O) groups is 5. The maximum Gasteiger partial charge on any atom is 0.337 e. The number of hydrogen-bond acceptors (Lipinski definition) is 7. The predicted molar refractivity (Wildman–Crippen MR) is 165 cm³/mol. The number of esters is 2. The number of ether oxygens (including phenoxy) is 2. The van der Waals surface area contributed by atoms with Gasteiger partial charge in [-0.15, -0.1) is 0 Å². The third kappa shape index (κ3) is 30.6. The first-order valence-corrected chi connectivity index (χ1v) is 13.8. The second-order valence-electron chi connectivity index (χ2n) is 9.33. The van der Waals surface area contributed by atoms with Crippen LogP contribution in [0.2, 0.25) is 0 Å². The Balaban J connectivity index is -0.000000236. The van der Waals surface area contributed by atoms with Crippen molar-refractivity contribution in [3.63, 3.8) is 0 Å². The van der Waals surface area contributed by atoms with E-state index in [0.717, 1.165) is 38.4 Å². The van der Waals surface area contributed by atoms with Gasteiger partial charge in [-0.1, -0.05) is 79.2 Å². The number of rotatable bonds is 16. The Morgan fingerprint density at radius 2 is 1.21 bits per heavy atom. The quantitative estimate of drug-likeness (QED) is 0.0937. The second-order valence-corrected chi connectivity index (χ2v) is 9.33. The SMILES string of the molecule is C=C(C)C(=O)O.C=C(C)C(=O)OC=C(C)C(=O)O.C=C(CC(CC)CCCC)C(=O)O.C=C(CCCC)C(=O)OCC. The first kappa shape index (κ1) is 45.1. The molecule has 0 saturated heterocycles. The van der Waals surface area contributed by atoms with Crippen molar-refractivity contribution in [1.29, 1.82) is 0 Å². The van der Waals surface area contributed by atoms with Crippen LogP contribution in [-0.2, 0) is 33.4 Å². The van der Waals surface area contributed by atoms with Crippen molar-refractivity contribution in [2.45, 2.75) is 99.8 Å². The van der Waals surface area contributed by atoms with Crippen LogP contribution < -0.4 is 0 Å². The first-order chi connectivity index (χ1) is 19.4. The average Bonchev–Trinajstić information content (AvgIpc) is 2.92. The Hall–Kier alpha value is -3.95. The zero-order valence-electron chi connectivity index (χ0n) is 26.5. The Kier molecular flexibility index (Phi) is 30.6. The molecule has 0 saturated carbocycles. The molecule has 0 spiro atoms. The number of unbranched alkanes of at least 4 members (excludes halogenated alkanes) is 2. The molecule has 1 unspecified atom stereocenters. The molecule has 0 aliphatic heterocycles. The molecule has 0 amide bonds. The zero-order valence-corrected chi connectivity index (χ0v) is 26.5. The van der Waals surface area contributed by atoms with Gasteiger partial charge in [-0.25, -0.2) is 24.0 Å². The van der Waals surface area contributed by atoms with E-state index in [9.17, 15) is 24.0 Å². The van der Waals surface area contributed by atoms with Crippen molar-refractivity contribution in [3.8, 4) is 0 Å². The van der Waals surface area contributed by atoms with Crippen LogP contribution in [0.1, 0.15) is 99.8 Å². The number of aliphatic carboxylic acids is 3. The lowest BCUT2D eigenvalue weighted by molar-refractivity contribution is -0.139.